The fraction of sp³-hybridized carbons (Fsp3) is 0.379. The fourth-order valence-corrected chi connectivity index (χ4v) is 8.90. The molecule has 7 rings (SSSR count). The number of ether oxygens (including phenoxy) is 2. The lowest BCUT2D eigenvalue weighted by Gasteiger charge is -2.53. The third-order valence-corrected chi connectivity index (χ3v) is 10.2. The molecule has 0 atom stereocenters. The molecule has 0 heterocycles. The van der Waals surface area contributed by atoms with Crippen LogP contribution in [0.15, 0.2) is 99.6 Å². The summed E-state index contributed by atoms with van der Waals surface area (Å²) in [4.78, 5) is 4.08. The Kier molecular flexibility index (Phi) is 5.70. The van der Waals surface area contributed by atoms with Gasteiger partial charge in [0.1, 0.15) is 5.75 Å². The van der Waals surface area contributed by atoms with Crippen LogP contribution in [0.1, 0.15) is 32.1 Å². The smallest absolute Gasteiger partial charge is 0.189 e. The molecular formula is C29H32O2S. The zero-order valence-corrected chi connectivity index (χ0v) is 19.4. The average Bonchev–Trinajstić information content (AvgIpc) is 2.83. The van der Waals surface area contributed by atoms with Gasteiger partial charge in [0.25, 0.3) is 0 Å². The summed E-state index contributed by atoms with van der Waals surface area (Å²) in [5.74, 6) is 4.41. The Hall–Kier alpha value is -2.23. The summed E-state index contributed by atoms with van der Waals surface area (Å²) in [6.07, 6.45) is 7.44. The van der Waals surface area contributed by atoms with Crippen molar-refractivity contribution in [1.82, 2.24) is 0 Å². The largest absolute Gasteiger partial charge is 0.468 e. The average molecular weight is 445 g/mol. The van der Waals surface area contributed by atoms with Crippen molar-refractivity contribution in [3.05, 3.63) is 84.9 Å². The summed E-state index contributed by atoms with van der Waals surface area (Å²) in [5, 5.41) is 0. The van der Waals surface area contributed by atoms with Crippen molar-refractivity contribution in [2.75, 3.05) is 6.79 Å². The monoisotopic (exact) mass is 444 g/mol. The van der Waals surface area contributed by atoms with Crippen LogP contribution in [0.4, 0.5) is 0 Å². The van der Waals surface area contributed by atoms with Crippen molar-refractivity contribution in [1.29, 1.82) is 0 Å². The molecule has 0 amide bonds. The Morgan fingerprint density at radius 1 is 0.594 bits per heavy atom. The van der Waals surface area contributed by atoms with Gasteiger partial charge in [0.15, 0.2) is 6.79 Å². The summed E-state index contributed by atoms with van der Waals surface area (Å²) < 4.78 is 12.4. The van der Waals surface area contributed by atoms with Crippen molar-refractivity contribution >= 4 is 10.9 Å². The van der Waals surface area contributed by atoms with E-state index < -0.39 is 10.9 Å². The van der Waals surface area contributed by atoms with Gasteiger partial charge in [-0.25, -0.2) is 0 Å². The molecule has 0 N–H and O–H groups in total. The van der Waals surface area contributed by atoms with Crippen molar-refractivity contribution < 1.29 is 9.47 Å². The van der Waals surface area contributed by atoms with Crippen molar-refractivity contribution in [2.45, 2.75) is 52.9 Å². The SMILES string of the molecule is c1ccc([SH](c2ccccc2)c2ccc(OCOC3C4CC5CC(C4)CC3C5)cc2)cc1. The van der Waals surface area contributed by atoms with E-state index in [1.54, 1.807) is 0 Å². The van der Waals surface area contributed by atoms with Gasteiger partial charge in [-0.05, 0) is 119 Å². The van der Waals surface area contributed by atoms with Gasteiger partial charge in [-0.3, -0.25) is 0 Å². The molecule has 0 aliphatic heterocycles. The minimum Gasteiger partial charge on any atom is -0.468 e. The number of hydrogen-bond donors (Lipinski definition) is 1. The lowest BCUT2D eigenvalue weighted by Crippen LogP contribution is -2.49. The summed E-state index contributed by atoms with van der Waals surface area (Å²) >= 11 is 0. The molecule has 32 heavy (non-hydrogen) atoms. The molecule has 4 aliphatic carbocycles. The van der Waals surface area contributed by atoms with Gasteiger partial charge in [-0.15, -0.1) is 0 Å². The fourth-order valence-electron chi connectivity index (χ4n) is 6.62. The van der Waals surface area contributed by atoms with Crippen molar-refractivity contribution in [3.8, 4) is 5.75 Å². The molecule has 3 heteroatoms. The highest BCUT2D eigenvalue weighted by Gasteiger charge is 2.48. The highest BCUT2D eigenvalue weighted by Crippen LogP contribution is 2.55. The summed E-state index contributed by atoms with van der Waals surface area (Å²) in [7, 11) is -0.575. The molecule has 0 spiro atoms. The van der Waals surface area contributed by atoms with Crippen LogP contribution in [0.3, 0.4) is 0 Å². The molecule has 4 saturated carbocycles. The van der Waals surface area contributed by atoms with E-state index in [4.69, 9.17) is 9.47 Å². The van der Waals surface area contributed by atoms with Gasteiger partial charge in [-0.2, -0.15) is 10.9 Å². The minimum absolute atomic E-state index is 0.373. The second-order valence-electron chi connectivity index (χ2n) is 9.82. The molecule has 166 valence electrons. The van der Waals surface area contributed by atoms with Gasteiger partial charge in [0.05, 0.1) is 6.10 Å². The molecule has 2 nitrogen and oxygen atoms in total. The van der Waals surface area contributed by atoms with Crippen LogP contribution in [0, 0.1) is 23.7 Å². The van der Waals surface area contributed by atoms with E-state index in [1.165, 1.54) is 46.8 Å². The number of thiol groups is 1. The van der Waals surface area contributed by atoms with Crippen LogP contribution < -0.4 is 4.74 Å². The molecular weight excluding hydrogens is 412 g/mol. The lowest BCUT2D eigenvalue weighted by atomic mass is 9.55. The first-order valence-electron chi connectivity index (χ1n) is 12.1. The summed E-state index contributed by atoms with van der Waals surface area (Å²) in [5.41, 5.74) is 0. The minimum atomic E-state index is -0.575. The topological polar surface area (TPSA) is 18.5 Å². The zero-order valence-electron chi connectivity index (χ0n) is 18.5. The van der Waals surface area contributed by atoms with Crippen LogP contribution in [0.25, 0.3) is 0 Å². The Bertz CT molecular complexity index is 951. The predicted octanol–water partition coefficient (Wildman–Crippen LogP) is 7.34. The van der Waals surface area contributed by atoms with E-state index in [9.17, 15) is 0 Å². The third-order valence-electron chi connectivity index (χ3n) is 7.75. The van der Waals surface area contributed by atoms with Crippen LogP contribution in [0.5, 0.6) is 5.75 Å². The van der Waals surface area contributed by atoms with Crippen molar-refractivity contribution in [2.24, 2.45) is 23.7 Å². The first kappa shape index (κ1) is 20.4. The quantitative estimate of drug-likeness (QED) is 0.303. The van der Waals surface area contributed by atoms with Crippen LogP contribution in [0.2, 0.25) is 0 Å². The van der Waals surface area contributed by atoms with E-state index in [2.05, 4.69) is 84.9 Å². The standard InChI is InChI=1S/C29H32O2S/c1-3-7-26(8-4-1)32(27-9-5-2-6-10-27)28-13-11-25(12-14-28)30-20-31-29-23-16-21-15-22(18-23)19-24(29)17-21/h1-14,21-24,29,32H,15-20H2. The molecule has 3 aromatic carbocycles. The maximum atomic E-state index is 6.32. The predicted molar refractivity (Wildman–Crippen MR) is 131 cm³/mol. The van der Waals surface area contributed by atoms with E-state index in [0.717, 1.165) is 29.4 Å². The maximum Gasteiger partial charge on any atom is 0.189 e. The van der Waals surface area contributed by atoms with Gasteiger partial charge in [0.2, 0.25) is 0 Å². The highest BCUT2D eigenvalue weighted by atomic mass is 32.2. The molecule has 0 unspecified atom stereocenters. The van der Waals surface area contributed by atoms with Crippen molar-refractivity contribution in [3.63, 3.8) is 0 Å². The number of hydrogen-bond acceptors (Lipinski definition) is 2. The lowest BCUT2D eigenvalue weighted by molar-refractivity contribution is -0.155. The Labute approximate surface area is 194 Å². The molecule has 0 aromatic heterocycles. The normalized spacial score (nSPS) is 28.5. The Morgan fingerprint density at radius 3 is 1.62 bits per heavy atom. The van der Waals surface area contributed by atoms with Crippen LogP contribution in [-0.2, 0) is 4.74 Å². The summed E-state index contributed by atoms with van der Waals surface area (Å²) in [6, 6.07) is 30.3. The van der Waals surface area contributed by atoms with Gasteiger partial charge in [0, 0.05) is 0 Å². The van der Waals surface area contributed by atoms with Crippen LogP contribution in [-0.4, -0.2) is 12.9 Å². The van der Waals surface area contributed by atoms with E-state index in [0.29, 0.717) is 12.9 Å². The van der Waals surface area contributed by atoms with Gasteiger partial charge >= 0.3 is 0 Å². The summed E-state index contributed by atoms with van der Waals surface area (Å²) in [6.45, 7) is 0.373. The second-order valence-corrected chi connectivity index (χ2v) is 12.0. The van der Waals surface area contributed by atoms with Gasteiger partial charge < -0.3 is 9.47 Å². The Morgan fingerprint density at radius 2 is 1.09 bits per heavy atom. The molecule has 4 bridgehead atoms. The number of benzene rings is 3. The first-order chi connectivity index (χ1) is 15.8. The van der Waals surface area contributed by atoms with Gasteiger partial charge in [-0.1, -0.05) is 36.4 Å². The zero-order chi connectivity index (χ0) is 21.3. The highest BCUT2D eigenvalue weighted by molar-refractivity contribution is 8.17. The molecule has 0 saturated heterocycles. The first-order valence-corrected chi connectivity index (χ1v) is 13.4. The van der Waals surface area contributed by atoms with Crippen LogP contribution >= 0.6 is 10.9 Å². The van der Waals surface area contributed by atoms with E-state index in [-0.39, 0.29) is 0 Å². The van der Waals surface area contributed by atoms with E-state index in [1.807, 2.05) is 0 Å². The Balaban J connectivity index is 1.13. The number of rotatable bonds is 7. The maximum absolute atomic E-state index is 6.32. The molecule has 4 fully saturated rings. The third kappa shape index (κ3) is 4.09. The molecule has 3 aromatic rings. The molecule has 0 radical (unpaired) electrons. The molecule has 4 aliphatic rings. The van der Waals surface area contributed by atoms with E-state index >= 15 is 0 Å². The second kappa shape index (κ2) is 8.96.